The Morgan fingerprint density at radius 1 is 1.39 bits per heavy atom. The fraction of sp³-hybridized carbons (Fsp3) is 0.389. The van der Waals surface area contributed by atoms with Crippen LogP contribution in [0.3, 0.4) is 0 Å². The van der Waals surface area contributed by atoms with Crippen LogP contribution in [0, 0.1) is 6.92 Å². The van der Waals surface area contributed by atoms with E-state index < -0.39 is 0 Å². The van der Waals surface area contributed by atoms with Crippen LogP contribution in [0.25, 0.3) is 0 Å². The fourth-order valence-corrected chi connectivity index (χ4v) is 2.80. The number of hydrogen-bond acceptors (Lipinski definition) is 4. The molecule has 1 amide bonds. The lowest BCUT2D eigenvalue weighted by atomic mass is 10.1. The summed E-state index contributed by atoms with van der Waals surface area (Å²) in [5.41, 5.74) is 3.14. The number of carbonyl (C=O) groups excluding carboxylic acids is 1. The monoisotopic (exact) mass is 311 g/mol. The third kappa shape index (κ3) is 4.13. The summed E-state index contributed by atoms with van der Waals surface area (Å²) < 4.78 is 5.83. The number of pyridine rings is 2. The van der Waals surface area contributed by atoms with Crippen molar-refractivity contribution in [3.05, 3.63) is 59.7 Å². The zero-order valence-electron chi connectivity index (χ0n) is 13.3. The van der Waals surface area contributed by atoms with Crippen LogP contribution in [0.4, 0.5) is 0 Å². The van der Waals surface area contributed by atoms with Crippen molar-refractivity contribution in [2.45, 2.75) is 25.9 Å². The molecular weight excluding hydrogens is 290 g/mol. The lowest BCUT2D eigenvalue weighted by Gasteiger charge is -2.33. The SMILES string of the molecule is Cc1cc([C@H]2CN(C(=O)CCc3cccnc3)CCO2)ccn1. The summed E-state index contributed by atoms with van der Waals surface area (Å²) in [6.45, 7) is 3.80. The molecule has 0 bridgehead atoms. The molecular formula is C18H21N3O2. The lowest BCUT2D eigenvalue weighted by Crippen LogP contribution is -2.42. The molecule has 120 valence electrons. The van der Waals surface area contributed by atoms with Crippen molar-refractivity contribution >= 4 is 5.91 Å². The van der Waals surface area contributed by atoms with E-state index in [9.17, 15) is 4.79 Å². The van der Waals surface area contributed by atoms with E-state index in [0.717, 1.165) is 23.2 Å². The Morgan fingerprint density at radius 2 is 2.30 bits per heavy atom. The van der Waals surface area contributed by atoms with Crippen molar-refractivity contribution in [2.24, 2.45) is 0 Å². The van der Waals surface area contributed by atoms with E-state index in [0.29, 0.717) is 26.1 Å². The first kappa shape index (κ1) is 15.6. The molecule has 2 aromatic heterocycles. The number of aryl methyl sites for hydroxylation is 2. The molecule has 0 spiro atoms. The van der Waals surface area contributed by atoms with E-state index in [2.05, 4.69) is 9.97 Å². The third-order valence-electron chi connectivity index (χ3n) is 4.06. The number of hydrogen-bond donors (Lipinski definition) is 0. The highest BCUT2D eigenvalue weighted by molar-refractivity contribution is 5.76. The van der Waals surface area contributed by atoms with E-state index in [1.165, 1.54) is 0 Å². The van der Waals surface area contributed by atoms with Gasteiger partial charge in [-0.3, -0.25) is 14.8 Å². The van der Waals surface area contributed by atoms with E-state index in [4.69, 9.17) is 4.74 Å². The normalized spacial score (nSPS) is 18.0. The highest BCUT2D eigenvalue weighted by atomic mass is 16.5. The second kappa shape index (κ2) is 7.33. The van der Waals surface area contributed by atoms with E-state index in [-0.39, 0.29) is 12.0 Å². The quantitative estimate of drug-likeness (QED) is 0.869. The van der Waals surface area contributed by atoms with Crippen LogP contribution in [0.5, 0.6) is 0 Å². The zero-order valence-corrected chi connectivity index (χ0v) is 13.3. The molecule has 3 heterocycles. The van der Waals surface area contributed by atoms with Crippen LogP contribution < -0.4 is 0 Å². The van der Waals surface area contributed by atoms with Gasteiger partial charge < -0.3 is 9.64 Å². The Balaban J connectivity index is 1.58. The highest BCUT2D eigenvalue weighted by Gasteiger charge is 2.25. The summed E-state index contributed by atoms with van der Waals surface area (Å²) in [6.07, 6.45) is 6.52. The van der Waals surface area contributed by atoms with Crippen LogP contribution in [0.2, 0.25) is 0 Å². The number of rotatable bonds is 4. The fourth-order valence-electron chi connectivity index (χ4n) is 2.80. The van der Waals surface area contributed by atoms with Gasteiger partial charge in [0.25, 0.3) is 0 Å². The Hall–Kier alpha value is -2.27. The number of amides is 1. The first-order valence-electron chi connectivity index (χ1n) is 7.93. The molecule has 0 radical (unpaired) electrons. The van der Waals surface area contributed by atoms with Gasteiger partial charge in [-0.05, 0) is 42.7 Å². The van der Waals surface area contributed by atoms with E-state index >= 15 is 0 Å². The Labute approximate surface area is 136 Å². The summed E-state index contributed by atoms with van der Waals surface area (Å²) in [5.74, 6) is 0.174. The molecule has 0 aliphatic carbocycles. The van der Waals surface area contributed by atoms with Gasteiger partial charge in [0.2, 0.25) is 5.91 Å². The molecule has 1 aliphatic heterocycles. The van der Waals surface area contributed by atoms with Gasteiger partial charge in [-0.2, -0.15) is 0 Å². The van der Waals surface area contributed by atoms with Gasteiger partial charge in [0.1, 0.15) is 6.10 Å². The first-order chi connectivity index (χ1) is 11.2. The predicted octanol–water partition coefficient (Wildman–Crippen LogP) is 2.32. The van der Waals surface area contributed by atoms with Crippen LogP contribution >= 0.6 is 0 Å². The van der Waals surface area contributed by atoms with Crippen LogP contribution in [0.15, 0.2) is 42.9 Å². The van der Waals surface area contributed by atoms with Crippen molar-refractivity contribution in [3.63, 3.8) is 0 Å². The first-order valence-corrected chi connectivity index (χ1v) is 7.93. The molecule has 3 rings (SSSR count). The van der Waals surface area contributed by atoms with E-state index in [1.54, 1.807) is 12.4 Å². The number of carbonyl (C=O) groups is 1. The molecule has 23 heavy (non-hydrogen) atoms. The average Bonchev–Trinajstić information content (AvgIpc) is 2.61. The maximum atomic E-state index is 12.5. The summed E-state index contributed by atoms with van der Waals surface area (Å²) in [5, 5.41) is 0. The van der Waals surface area contributed by atoms with Crippen molar-refractivity contribution < 1.29 is 9.53 Å². The van der Waals surface area contributed by atoms with Gasteiger partial charge in [0.05, 0.1) is 13.2 Å². The van der Waals surface area contributed by atoms with Crippen LogP contribution in [0.1, 0.15) is 29.3 Å². The molecule has 5 nitrogen and oxygen atoms in total. The van der Waals surface area contributed by atoms with Crippen molar-refractivity contribution in [3.8, 4) is 0 Å². The highest BCUT2D eigenvalue weighted by Crippen LogP contribution is 2.23. The average molecular weight is 311 g/mol. The number of nitrogens with zero attached hydrogens (tertiary/aromatic N) is 3. The maximum absolute atomic E-state index is 12.5. The lowest BCUT2D eigenvalue weighted by molar-refractivity contribution is -0.139. The number of aromatic nitrogens is 2. The number of ether oxygens (including phenoxy) is 1. The van der Waals surface area contributed by atoms with Crippen molar-refractivity contribution in [1.29, 1.82) is 0 Å². The Bertz CT molecular complexity index is 660. The Morgan fingerprint density at radius 3 is 3.09 bits per heavy atom. The minimum Gasteiger partial charge on any atom is -0.370 e. The molecule has 0 unspecified atom stereocenters. The van der Waals surface area contributed by atoms with Gasteiger partial charge in [0.15, 0.2) is 0 Å². The minimum absolute atomic E-state index is 0.0622. The summed E-state index contributed by atoms with van der Waals surface area (Å²) in [4.78, 5) is 22.6. The van der Waals surface area contributed by atoms with Crippen molar-refractivity contribution in [1.82, 2.24) is 14.9 Å². The second-order valence-electron chi connectivity index (χ2n) is 5.79. The van der Waals surface area contributed by atoms with Gasteiger partial charge in [0, 0.05) is 37.3 Å². The van der Waals surface area contributed by atoms with Gasteiger partial charge >= 0.3 is 0 Å². The van der Waals surface area contributed by atoms with Crippen molar-refractivity contribution in [2.75, 3.05) is 19.7 Å². The van der Waals surface area contributed by atoms with E-state index in [1.807, 2.05) is 42.3 Å². The molecule has 1 saturated heterocycles. The summed E-state index contributed by atoms with van der Waals surface area (Å²) in [6, 6.07) is 7.88. The molecule has 2 aromatic rings. The van der Waals surface area contributed by atoms with Gasteiger partial charge in [-0.1, -0.05) is 6.07 Å². The number of morpholine rings is 1. The predicted molar refractivity (Wildman–Crippen MR) is 86.8 cm³/mol. The molecule has 5 heteroatoms. The van der Waals surface area contributed by atoms with Crippen LogP contribution in [-0.2, 0) is 16.0 Å². The topological polar surface area (TPSA) is 55.3 Å². The van der Waals surface area contributed by atoms with Gasteiger partial charge in [-0.25, -0.2) is 0 Å². The third-order valence-corrected chi connectivity index (χ3v) is 4.06. The van der Waals surface area contributed by atoms with Gasteiger partial charge in [-0.15, -0.1) is 0 Å². The molecule has 0 saturated carbocycles. The molecule has 1 aliphatic rings. The summed E-state index contributed by atoms with van der Waals surface area (Å²) in [7, 11) is 0. The molecule has 0 aromatic carbocycles. The smallest absolute Gasteiger partial charge is 0.223 e. The zero-order chi connectivity index (χ0) is 16.1. The molecule has 1 atom stereocenters. The second-order valence-corrected chi connectivity index (χ2v) is 5.79. The Kier molecular flexibility index (Phi) is 4.98. The summed E-state index contributed by atoms with van der Waals surface area (Å²) >= 11 is 0. The maximum Gasteiger partial charge on any atom is 0.223 e. The molecule has 1 fully saturated rings. The largest absolute Gasteiger partial charge is 0.370 e. The van der Waals surface area contributed by atoms with Crippen LogP contribution in [-0.4, -0.2) is 40.5 Å². The standard InChI is InChI=1S/C18H21N3O2/c1-14-11-16(6-8-20-14)17-13-21(9-10-23-17)18(22)5-4-15-3-2-7-19-12-15/h2-3,6-8,11-12,17H,4-5,9-10,13H2,1H3/t17-/m1/s1. The minimum atomic E-state index is -0.0622. The molecule has 0 N–H and O–H groups in total.